The highest BCUT2D eigenvalue weighted by molar-refractivity contribution is 5.84. The molecular formula is C21H19FN2O2. The molecule has 0 saturated carbocycles. The first-order chi connectivity index (χ1) is 12.6. The fraction of sp³-hybridized carbons (Fsp3) is 0.143. The van der Waals surface area contributed by atoms with Gasteiger partial charge in [0.2, 0.25) is 0 Å². The van der Waals surface area contributed by atoms with Gasteiger partial charge in [0.25, 0.3) is 5.56 Å². The van der Waals surface area contributed by atoms with Gasteiger partial charge in [0.05, 0.1) is 18.4 Å². The van der Waals surface area contributed by atoms with Crippen molar-refractivity contribution in [2.45, 2.75) is 13.3 Å². The third-order valence-electron chi connectivity index (χ3n) is 4.10. The van der Waals surface area contributed by atoms with Crippen molar-refractivity contribution in [1.29, 1.82) is 0 Å². The molecule has 0 aliphatic heterocycles. The minimum atomic E-state index is -0.324. The van der Waals surface area contributed by atoms with E-state index in [2.05, 4.69) is 10.2 Å². The first-order valence-electron chi connectivity index (χ1n) is 8.32. The van der Waals surface area contributed by atoms with Crippen molar-refractivity contribution >= 4 is 12.2 Å². The van der Waals surface area contributed by atoms with E-state index in [0.717, 1.165) is 16.8 Å². The Hall–Kier alpha value is -3.21. The van der Waals surface area contributed by atoms with Crippen LogP contribution in [0.5, 0.6) is 5.75 Å². The van der Waals surface area contributed by atoms with Crippen LogP contribution in [0.15, 0.2) is 53.3 Å². The number of methoxy groups -OCH3 is 1. The van der Waals surface area contributed by atoms with Gasteiger partial charge in [0, 0.05) is 11.1 Å². The number of hydrogen-bond acceptors (Lipinski definition) is 3. The summed E-state index contributed by atoms with van der Waals surface area (Å²) in [5.74, 6) is 0.338. The largest absolute Gasteiger partial charge is 0.496 e. The highest BCUT2D eigenvalue weighted by atomic mass is 19.1. The standard InChI is InChI=1S/C21H19FN2O2/c1-3-18-20(16-9-4-5-10-19(16)26-2)17(21(25)24-23-18)12-11-14-7-6-8-15(22)13-14/h4-13H,3H2,1-2H3,(H,24,25)/b12-11+. The van der Waals surface area contributed by atoms with Crippen LogP contribution in [0.3, 0.4) is 0 Å². The Morgan fingerprint density at radius 2 is 1.96 bits per heavy atom. The molecule has 3 aromatic rings. The molecule has 0 amide bonds. The Labute approximate surface area is 151 Å². The van der Waals surface area contributed by atoms with Gasteiger partial charge in [-0.2, -0.15) is 5.10 Å². The average Bonchev–Trinajstić information content (AvgIpc) is 2.66. The van der Waals surface area contributed by atoms with Gasteiger partial charge in [-0.15, -0.1) is 0 Å². The zero-order valence-electron chi connectivity index (χ0n) is 14.6. The molecule has 0 unspecified atom stereocenters. The molecule has 1 aromatic heterocycles. The number of nitrogens with zero attached hydrogens (tertiary/aromatic N) is 1. The van der Waals surface area contributed by atoms with E-state index in [1.165, 1.54) is 12.1 Å². The molecule has 0 fully saturated rings. The van der Waals surface area contributed by atoms with E-state index in [9.17, 15) is 9.18 Å². The Morgan fingerprint density at radius 1 is 1.15 bits per heavy atom. The zero-order chi connectivity index (χ0) is 18.5. The van der Waals surface area contributed by atoms with Crippen molar-refractivity contribution in [3.63, 3.8) is 0 Å². The Morgan fingerprint density at radius 3 is 2.69 bits per heavy atom. The minimum absolute atomic E-state index is 0.309. The number of rotatable bonds is 5. The first-order valence-corrected chi connectivity index (χ1v) is 8.32. The van der Waals surface area contributed by atoms with Gasteiger partial charge in [-0.05, 0) is 36.3 Å². The van der Waals surface area contributed by atoms with Crippen LogP contribution in [0.2, 0.25) is 0 Å². The van der Waals surface area contributed by atoms with Gasteiger partial charge in [0.1, 0.15) is 11.6 Å². The van der Waals surface area contributed by atoms with Crippen molar-refractivity contribution in [2.75, 3.05) is 7.11 Å². The molecule has 0 atom stereocenters. The van der Waals surface area contributed by atoms with E-state index in [0.29, 0.717) is 23.3 Å². The lowest BCUT2D eigenvalue weighted by atomic mass is 9.96. The van der Waals surface area contributed by atoms with Crippen LogP contribution in [0, 0.1) is 5.82 Å². The van der Waals surface area contributed by atoms with Gasteiger partial charge < -0.3 is 4.74 Å². The van der Waals surface area contributed by atoms with E-state index in [1.54, 1.807) is 31.4 Å². The number of nitrogens with one attached hydrogen (secondary N) is 1. The topological polar surface area (TPSA) is 55.0 Å². The predicted molar refractivity (Wildman–Crippen MR) is 102 cm³/mol. The van der Waals surface area contributed by atoms with Crippen LogP contribution in [-0.2, 0) is 6.42 Å². The van der Waals surface area contributed by atoms with Crippen molar-refractivity contribution in [3.05, 3.63) is 81.5 Å². The third-order valence-corrected chi connectivity index (χ3v) is 4.10. The quantitative estimate of drug-likeness (QED) is 0.746. The van der Waals surface area contributed by atoms with Gasteiger partial charge >= 0.3 is 0 Å². The van der Waals surface area contributed by atoms with E-state index in [4.69, 9.17) is 4.74 Å². The number of ether oxygens (including phenoxy) is 1. The summed E-state index contributed by atoms with van der Waals surface area (Å²) < 4.78 is 18.9. The van der Waals surface area contributed by atoms with Crippen LogP contribution < -0.4 is 10.3 Å². The van der Waals surface area contributed by atoms with E-state index < -0.39 is 0 Å². The smallest absolute Gasteiger partial charge is 0.272 e. The summed E-state index contributed by atoms with van der Waals surface area (Å²) in [7, 11) is 1.59. The SMILES string of the molecule is CCc1n[nH]c(=O)c(/C=C/c2cccc(F)c2)c1-c1ccccc1OC. The van der Waals surface area contributed by atoms with Crippen LogP contribution in [0.4, 0.5) is 4.39 Å². The van der Waals surface area contributed by atoms with Gasteiger partial charge in [-0.25, -0.2) is 9.49 Å². The highest BCUT2D eigenvalue weighted by Crippen LogP contribution is 2.33. The van der Waals surface area contributed by atoms with E-state index in [1.807, 2.05) is 31.2 Å². The monoisotopic (exact) mass is 350 g/mol. The van der Waals surface area contributed by atoms with E-state index >= 15 is 0 Å². The van der Waals surface area contributed by atoms with Crippen molar-refractivity contribution in [1.82, 2.24) is 10.2 Å². The molecule has 132 valence electrons. The van der Waals surface area contributed by atoms with Crippen LogP contribution in [-0.4, -0.2) is 17.3 Å². The second-order valence-electron chi connectivity index (χ2n) is 5.73. The van der Waals surface area contributed by atoms with E-state index in [-0.39, 0.29) is 11.4 Å². The summed E-state index contributed by atoms with van der Waals surface area (Å²) in [6.07, 6.45) is 4.05. The molecular weight excluding hydrogens is 331 g/mol. The second-order valence-corrected chi connectivity index (χ2v) is 5.73. The summed E-state index contributed by atoms with van der Waals surface area (Å²) in [6, 6.07) is 13.7. The molecule has 1 N–H and O–H groups in total. The lowest BCUT2D eigenvalue weighted by Gasteiger charge is -2.13. The predicted octanol–water partition coefficient (Wildman–Crippen LogP) is 4.32. The second kappa shape index (κ2) is 7.78. The summed E-state index contributed by atoms with van der Waals surface area (Å²) in [5, 5.41) is 6.73. The lowest BCUT2D eigenvalue weighted by molar-refractivity contribution is 0.416. The maximum Gasteiger partial charge on any atom is 0.272 e. The molecule has 0 bridgehead atoms. The molecule has 0 aliphatic carbocycles. The zero-order valence-corrected chi connectivity index (χ0v) is 14.6. The van der Waals surface area contributed by atoms with Crippen LogP contribution in [0.1, 0.15) is 23.7 Å². The van der Waals surface area contributed by atoms with Gasteiger partial charge in [-0.1, -0.05) is 43.3 Å². The van der Waals surface area contributed by atoms with Crippen molar-refractivity contribution < 1.29 is 9.13 Å². The summed E-state index contributed by atoms with van der Waals surface area (Å²) in [6.45, 7) is 1.97. The summed E-state index contributed by atoms with van der Waals surface area (Å²) in [4.78, 5) is 12.5. The van der Waals surface area contributed by atoms with Crippen molar-refractivity contribution in [3.8, 4) is 16.9 Å². The van der Waals surface area contributed by atoms with Crippen LogP contribution in [0.25, 0.3) is 23.3 Å². The highest BCUT2D eigenvalue weighted by Gasteiger charge is 2.16. The summed E-state index contributed by atoms with van der Waals surface area (Å²) >= 11 is 0. The number of aryl methyl sites for hydroxylation is 1. The molecule has 0 aliphatic rings. The third kappa shape index (κ3) is 3.57. The van der Waals surface area contributed by atoms with Crippen LogP contribution >= 0.6 is 0 Å². The number of para-hydroxylation sites is 1. The average molecular weight is 350 g/mol. The molecule has 4 nitrogen and oxygen atoms in total. The molecule has 0 spiro atoms. The normalized spacial score (nSPS) is 11.0. The molecule has 1 heterocycles. The maximum absolute atomic E-state index is 13.4. The minimum Gasteiger partial charge on any atom is -0.496 e. The Balaban J connectivity index is 2.20. The lowest BCUT2D eigenvalue weighted by Crippen LogP contribution is -2.16. The summed E-state index contributed by atoms with van der Waals surface area (Å²) in [5.41, 5.74) is 3.10. The number of aromatic nitrogens is 2. The molecule has 2 aromatic carbocycles. The number of benzene rings is 2. The number of hydrogen-bond donors (Lipinski definition) is 1. The molecule has 3 rings (SSSR count). The fourth-order valence-corrected chi connectivity index (χ4v) is 2.86. The fourth-order valence-electron chi connectivity index (χ4n) is 2.86. The van der Waals surface area contributed by atoms with Gasteiger partial charge in [0.15, 0.2) is 0 Å². The van der Waals surface area contributed by atoms with Gasteiger partial charge in [-0.3, -0.25) is 4.79 Å². The molecule has 0 radical (unpaired) electrons. The molecule has 0 saturated heterocycles. The first kappa shape index (κ1) is 17.6. The van der Waals surface area contributed by atoms with Crippen molar-refractivity contribution in [2.24, 2.45) is 0 Å². The Bertz CT molecular complexity index is 1010. The Kier molecular flexibility index (Phi) is 5.27. The maximum atomic E-state index is 13.4. The molecule has 26 heavy (non-hydrogen) atoms. The number of halogens is 1. The molecule has 5 heteroatoms. The number of aromatic amines is 1. The number of H-pyrrole nitrogens is 1.